The Labute approximate surface area is 264 Å². The zero-order valence-corrected chi connectivity index (χ0v) is 25.4. The number of aryl methyl sites for hydroxylation is 4. The standard InChI is InChI=1S/C36H22N10/c1-17-41-18(2)44-35(43-17)21-7-9-25-23(11-21)13-27-31(25)34(30(16-38)40-6)28-14-24-12-22(36-45-19(3)42-20(4)46-36)8-10-26(24)32(28)33(27)29(15-37)39-5/h7-12H,13-14H2,1-4H3/b33-29-,34-30+. The molecule has 0 spiro atoms. The van der Waals surface area contributed by atoms with Crippen LogP contribution in [0.2, 0.25) is 0 Å². The molecule has 10 nitrogen and oxygen atoms in total. The summed E-state index contributed by atoms with van der Waals surface area (Å²) in [6.45, 7) is 23.2. The van der Waals surface area contributed by atoms with Crippen LogP contribution in [0.5, 0.6) is 0 Å². The second-order valence-electron chi connectivity index (χ2n) is 11.2. The molecule has 2 aromatic heterocycles. The molecular weight excluding hydrogens is 572 g/mol. The maximum Gasteiger partial charge on any atom is 0.269 e. The first kappa shape index (κ1) is 28.2. The Morgan fingerprint density at radius 2 is 0.978 bits per heavy atom. The molecule has 0 radical (unpaired) electrons. The topological polar surface area (TPSA) is 134 Å². The van der Waals surface area contributed by atoms with Crippen LogP contribution < -0.4 is 10.4 Å². The minimum Gasteiger partial charge on any atom is -0.226 e. The van der Waals surface area contributed by atoms with Crippen LogP contribution >= 0.6 is 0 Å². The van der Waals surface area contributed by atoms with E-state index in [2.05, 4.69) is 51.7 Å². The van der Waals surface area contributed by atoms with Crippen molar-refractivity contribution in [2.24, 2.45) is 0 Å². The van der Waals surface area contributed by atoms with Crippen LogP contribution in [0.15, 0.2) is 36.4 Å². The molecule has 0 unspecified atom stereocenters. The highest BCUT2D eigenvalue weighted by molar-refractivity contribution is 5.93. The molecule has 0 saturated heterocycles. The average Bonchev–Trinajstić information content (AvgIpc) is 3.60. The molecule has 0 atom stereocenters. The number of rotatable bonds is 2. The van der Waals surface area contributed by atoms with Crippen molar-refractivity contribution in [3.63, 3.8) is 0 Å². The summed E-state index contributed by atoms with van der Waals surface area (Å²) in [5, 5.41) is 21.5. The molecule has 0 fully saturated rings. The van der Waals surface area contributed by atoms with Gasteiger partial charge in [-0.25, -0.2) is 50.1 Å². The molecular formula is C36H22N10. The average molecular weight is 595 g/mol. The summed E-state index contributed by atoms with van der Waals surface area (Å²) in [4.78, 5) is 34.0. The fraction of sp³-hybridized carbons (Fsp3) is 0.167. The van der Waals surface area contributed by atoms with Crippen molar-refractivity contribution in [2.75, 3.05) is 0 Å². The molecule has 0 amide bonds. The van der Waals surface area contributed by atoms with Gasteiger partial charge in [-0.3, -0.25) is 0 Å². The van der Waals surface area contributed by atoms with E-state index in [-0.39, 0.29) is 11.4 Å². The molecule has 10 heteroatoms. The molecule has 0 aliphatic heterocycles. The molecule has 2 heterocycles. The summed E-state index contributed by atoms with van der Waals surface area (Å²) >= 11 is 0. The summed E-state index contributed by atoms with van der Waals surface area (Å²) in [7, 11) is 0. The van der Waals surface area contributed by atoms with Crippen LogP contribution in [0.1, 0.15) is 45.6 Å². The maximum absolute atomic E-state index is 10.2. The lowest BCUT2D eigenvalue weighted by atomic mass is 9.90. The number of nitriles is 2. The predicted molar refractivity (Wildman–Crippen MR) is 170 cm³/mol. The van der Waals surface area contributed by atoms with Gasteiger partial charge >= 0.3 is 0 Å². The summed E-state index contributed by atoms with van der Waals surface area (Å²) in [5.74, 6) is 3.57. The van der Waals surface area contributed by atoms with E-state index in [0.29, 0.717) is 58.2 Å². The van der Waals surface area contributed by atoms with Gasteiger partial charge in [0.2, 0.25) is 0 Å². The molecule has 2 aliphatic rings. The van der Waals surface area contributed by atoms with Gasteiger partial charge in [-0.2, -0.15) is 0 Å². The Kier molecular flexibility index (Phi) is 6.45. The van der Waals surface area contributed by atoms with Crippen molar-refractivity contribution < 1.29 is 0 Å². The molecule has 2 aliphatic carbocycles. The maximum atomic E-state index is 10.2. The molecule has 216 valence electrons. The van der Waals surface area contributed by atoms with Crippen molar-refractivity contribution in [1.82, 2.24) is 29.9 Å². The monoisotopic (exact) mass is 594 g/mol. The lowest BCUT2D eigenvalue weighted by Gasteiger charge is -2.13. The molecule has 46 heavy (non-hydrogen) atoms. The van der Waals surface area contributed by atoms with Gasteiger partial charge in [-0.05, 0) is 97.2 Å². The zero-order chi connectivity index (χ0) is 32.3. The summed E-state index contributed by atoms with van der Waals surface area (Å²) in [5.41, 5.74) is 8.10. The van der Waals surface area contributed by atoms with Gasteiger partial charge in [0.25, 0.3) is 11.4 Å². The summed E-state index contributed by atoms with van der Waals surface area (Å²) < 4.78 is 0. The largest absolute Gasteiger partial charge is 0.269 e. The SMILES string of the molecule is [C-]#[N+]/C(C#N)=c1/c2c(/c(=C(\C#N)[N+]#[C-])c3c1-c1ccc(-c4nc(C)nc(C)n4)cc1C3)-c1ccc(-c3nc(C)nc(C)n3)cc1C2. The van der Waals surface area contributed by atoms with E-state index >= 15 is 0 Å². The van der Waals surface area contributed by atoms with Gasteiger partial charge in [-0.15, -0.1) is 0 Å². The summed E-state index contributed by atoms with van der Waals surface area (Å²) in [6.07, 6.45) is 0.816. The van der Waals surface area contributed by atoms with E-state index in [9.17, 15) is 10.5 Å². The third-order valence-electron chi connectivity index (χ3n) is 8.33. The van der Waals surface area contributed by atoms with Crippen LogP contribution in [0.25, 0.3) is 66.1 Å². The normalized spacial score (nSPS) is 13.2. The Morgan fingerprint density at radius 3 is 1.30 bits per heavy atom. The third kappa shape index (κ3) is 4.29. The van der Waals surface area contributed by atoms with Crippen molar-refractivity contribution in [3.05, 3.63) is 115 Å². The first-order valence-corrected chi connectivity index (χ1v) is 14.4. The number of fused-ring (bicyclic) bond motifs is 6. The van der Waals surface area contributed by atoms with Crippen molar-refractivity contribution in [1.29, 1.82) is 10.5 Å². The highest BCUT2D eigenvalue weighted by Crippen LogP contribution is 2.42. The number of aromatic nitrogens is 6. The smallest absolute Gasteiger partial charge is 0.226 e. The lowest BCUT2D eigenvalue weighted by Crippen LogP contribution is -2.25. The highest BCUT2D eigenvalue weighted by Gasteiger charge is 2.32. The minimum atomic E-state index is -0.0299. The second kappa shape index (κ2) is 10.5. The van der Waals surface area contributed by atoms with Gasteiger partial charge in [-0.1, -0.05) is 24.3 Å². The molecule has 5 aromatic rings. The predicted octanol–water partition coefficient (Wildman–Crippen LogP) is 4.87. The number of hydrogen-bond acceptors (Lipinski definition) is 8. The second-order valence-corrected chi connectivity index (χ2v) is 11.2. The van der Waals surface area contributed by atoms with Crippen molar-refractivity contribution in [2.45, 2.75) is 40.5 Å². The van der Waals surface area contributed by atoms with Crippen LogP contribution in [0.3, 0.4) is 0 Å². The summed E-state index contributed by atoms with van der Waals surface area (Å²) in [6, 6.07) is 16.1. The first-order chi connectivity index (χ1) is 22.2. The van der Waals surface area contributed by atoms with E-state index in [1.807, 2.05) is 64.1 Å². The Bertz CT molecular complexity index is 2270. The van der Waals surface area contributed by atoms with Crippen LogP contribution in [0, 0.1) is 63.5 Å². The fourth-order valence-electron chi connectivity index (χ4n) is 6.71. The van der Waals surface area contributed by atoms with Crippen LogP contribution in [0.4, 0.5) is 0 Å². The minimum absolute atomic E-state index is 0.0299. The van der Waals surface area contributed by atoms with E-state index in [4.69, 9.17) is 13.1 Å². The van der Waals surface area contributed by atoms with Crippen molar-refractivity contribution in [3.8, 4) is 57.2 Å². The molecule has 3 aromatic carbocycles. The molecule has 7 rings (SSSR count). The van der Waals surface area contributed by atoms with Crippen molar-refractivity contribution >= 4 is 11.4 Å². The van der Waals surface area contributed by atoms with Gasteiger partial charge in [0.1, 0.15) is 23.3 Å². The molecule has 0 saturated carbocycles. The van der Waals surface area contributed by atoms with E-state index < -0.39 is 0 Å². The number of nitrogens with zero attached hydrogens (tertiary/aromatic N) is 10. The van der Waals surface area contributed by atoms with Gasteiger partial charge < -0.3 is 0 Å². The highest BCUT2D eigenvalue weighted by atomic mass is 15.0. The Hall–Kier alpha value is -6.62. The third-order valence-corrected chi connectivity index (χ3v) is 8.33. The van der Waals surface area contributed by atoms with Gasteiger partial charge in [0.15, 0.2) is 11.6 Å². The van der Waals surface area contributed by atoms with Crippen LogP contribution in [-0.2, 0) is 12.8 Å². The van der Waals surface area contributed by atoms with E-state index in [1.54, 1.807) is 0 Å². The number of hydrogen-bond donors (Lipinski definition) is 0. The Morgan fingerprint density at radius 1 is 0.609 bits per heavy atom. The zero-order valence-electron chi connectivity index (χ0n) is 25.4. The van der Waals surface area contributed by atoms with E-state index in [0.717, 1.165) is 55.6 Å². The Balaban J connectivity index is 1.54. The van der Waals surface area contributed by atoms with Gasteiger partial charge in [0.05, 0.1) is 25.3 Å². The molecule has 0 bridgehead atoms. The number of benzene rings is 3. The fourth-order valence-corrected chi connectivity index (χ4v) is 6.71. The quantitative estimate of drug-likeness (QED) is 0.259. The first-order valence-electron chi connectivity index (χ1n) is 14.4. The lowest BCUT2D eigenvalue weighted by molar-refractivity contribution is 0.927. The molecule has 0 N–H and O–H groups in total. The van der Waals surface area contributed by atoms with E-state index in [1.165, 1.54) is 0 Å². The van der Waals surface area contributed by atoms with Crippen LogP contribution in [-0.4, -0.2) is 29.9 Å². The van der Waals surface area contributed by atoms with Gasteiger partial charge in [0, 0.05) is 21.6 Å².